The van der Waals surface area contributed by atoms with Crippen molar-refractivity contribution in [3.63, 3.8) is 0 Å². The van der Waals surface area contributed by atoms with Crippen LogP contribution in [0.1, 0.15) is 38.2 Å². The van der Waals surface area contributed by atoms with Gasteiger partial charge in [-0.2, -0.15) is 0 Å². The average molecular weight is 242 g/mol. The molecule has 1 aromatic carbocycles. The van der Waals surface area contributed by atoms with Gasteiger partial charge in [0.2, 0.25) is 0 Å². The number of fused-ring (bicyclic) bond motifs is 2. The Balaban J connectivity index is 2.15. The van der Waals surface area contributed by atoms with Crippen molar-refractivity contribution in [2.45, 2.75) is 26.2 Å². The van der Waals surface area contributed by atoms with Crippen LogP contribution in [-0.2, 0) is 19.3 Å². The molecule has 0 spiro atoms. The summed E-state index contributed by atoms with van der Waals surface area (Å²) in [5.41, 5.74) is 3.03. The second-order valence-electron chi connectivity index (χ2n) is 4.39. The summed E-state index contributed by atoms with van der Waals surface area (Å²) >= 11 is 1.80. The van der Waals surface area contributed by atoms with Gasteiger partial charge in [-0.1, -0.05) is 31.2 Å². The smallest absolute Gasteiger partial charge is 0.194 e. The van der Waals surface area contributed by atoms with Gasteiger partial charge in [0.15, 0.2) is 5.78 Å². The fourth-order valence-electron chi connectivity index (χ4n) is 2.39. The van der Waals surface area contributed by atoms with Crippen LogP contribution in [0.5, 0.6) is 0 Å². The van der Waals surface area contributed by atoms with Gasteiger partial charge in [0.1, 0.15) is 0 Å². The lowest BCUT2D eigenvalue weighted by Gasteiger charge is -2.02. The van der Waals surface area contributed by atoms with E-state index in [4.69, 9.17) is 0 Å². The Kier molecular flexibility index (Phi) is 2.60. The second-order valence-corrected chi connectivity index (χ2v) is 5.61. The molecule has 2 heteroatoms. The summed E-state index contributed by atoms with van der Waals surface area (Å²) in [4.78, 5) is 15.1. The summed E-state index contributed by atoms with van der Waals surface area (Å²) in [6.07, 6.45) is 3.01. The van der Waals surface area contributed by atoms with Crippen molar-refractivity contribution in [2.75, 3.05) is 0 Å². The van der Waals surface area contributed by atoms with Gasteiger partial charge < -0.3 is 0 Å². The van der Waals surface area contributed by atoms with Gasteiger partial charge in [0.25, 0.3) is 0 Å². The molecule has 86 valence electrons. The molecule has 1 aliphatic carbocycles. The maximum atomic E-state index is 12.5. The van der Waals surface area contributed by atoms with Crippen molar-refractivity contribution in [1.82, 2.24) is 0 Å². The van der Waals surface area contributed by atoms with Gasteiger partial charge in [-0.15, -0.1) is 11.3 Å². The molecule has 2 aromatic rings. The first-order valence-electron chi connectivity index (χ1n) is 6.03. The molecule has 0 N–H and O–H groups in total. The van der Waals surface area contributed by atoms with Gasteiger partial charge in [-0.25, -0.2) is 0 Å². The van der Waals surface area contributed by atoms with Crippen molar-refractivity contribution in [1.29, 1.82) is 0 Å². The quantitative estimate of drug-likeness (QED) is 0.746. The number of aryl methyl sites for hydroxylation is 3. The largest absolute Gasteiger partial charge is 0.289 e. The highest BCUT2D eigenvalue weighted by Gasteiger charge is 2.22. The number of rotatable bonds is 1. The third-order valence-electron chi connectivity index (χ3n) is 3.34. The highest BCUT2D eigenvalue weighted by Crippen LogP contribution is 2.30. The lowest BCUT2D eigenvalue weighted by atomic mass is 10.0. The first-order valence-corrected chi connectivity index (χ1v) is 6.85. The molecule has 0 saturated heterocycles. The summed E-state index contributed by atoms with van der Waals surface area (Å²) in [6.45, 7) is 2.14. The van der Waals surface area contributed by atoms with E-state index in [1.54, 1.807) is 11.3 Å². The summed E-state index contributed by atoms with van der Waals surface area (Å²) in [5.74, 6) is 0.212. The van der Waals surface area contributed by atoms with Crippen LogP contribution in [0.3, 0.4) is 0 Å². The van der Waals surface area contributed by atoms with E-state index in [0.717, 1.165) is 30.4 Å². The molecule has 1 aliphatic rings. The Morgan fingerprint density at radius 1 is 1.18 bits per heavy atom. The van der Waals surface area contributed by atoms with E-state index in [1.807, 2.05) is 18.2 Å². The normalized spacial score (nSPS) is 14.1. The van der Waals surface area contributed by atoms with Crippen LogP contribution in [0.2, 0.25) is 0 Å². The standard InChI is InChI=1S/C15H14OS/c1-2-11-9-13-14(17-11)8-7-10-5-3-4-6-12(10)15(13)16/h3-6,9H,2,7-8H2,1H3. The van der Waals surface area contributed by atoms with E-state index in [9.17, 15) is 4.79 Å². The summed E-state index contributed by atoms with van der Waals surface area (Å²) in [5, 5.41) is 0. The van der Waals surface area contributed by atoms with Gasteiger partial charge in [0.05, 0.1) is 0 Å². The molecule has 0 bridgehead atoms. The number of carbonyl (C=O) groups excluding carboxylic acids is 1. The first kappa shape index (κ1) is 10.7. The Morgan fingerprint density at radius 3 is 2.82 bits per heavy atom. The monoisotopic (exact) mass is 242 g/mol. The zero-order valence-electron chi connectivity index (χ0n) is 9.82. The number of benzene rings is 1. The topological polar surface area (TPSA) is 17.1 Å². The lowest BCUT2D eigenvalue weighted by molar-refractivity contribution is 0.103. The number of ketones is 1. The van der Waals surface area contributed by atoms with Crippen LogP contribution in [0.4, 0.5) is 0 Å². The first-order chi connectivity index (χ1) is 8.29. The minimum Gasteiger partial charge on any atom is -0.289 e. The van der Waals surface area contributed by atoms with Crippen molar-refractivity contribution >= 4 is 17.1 Å². The Morgan fingerprint density at radius 2 is 2.00 bits per heavy atom. The number of carbonyl (C=O) groups is 1. The number of hydrogen-bond donors (Lipinski definition) is 0. The van der Waals surface area contributed by atoms with Crippen LogP contribution in [0, 0.1) is 0 Å². The zero-order chi connectivity index (χ0) is 11.8. The van der Waals surface area contributed by atoms with Gasteiger partial charge in [-0.05, 0) is 30.9 Å². The summed E-state index contributed by atoms with van der Waals surface area (Å²) < 4.78 is 0. The predicted molar refractivity (Wildman–Crippen MR) is 71.0 cm³/mol. The molecule has 1 aromatic heterocycles. The van der Waals surface area contributed by atoms with Crippen LogP contribution < -0.4 is 0 Å². The maximum absolute atomic E-state index is 12.5. The van der Waals surface area contributed by atoms with Crippen LogP contribution >= 0.6 is 11.3 Å². The number of hydrogen-bond acceptors (Lipinski definition) is 2. The van der Waals surface area contributed by atoms with Gasteiger partial charge in [-0.3, -0.25) is 4.79 Å². The molecular formula is C15H14OS. The van der Waals surface area contributed by atoms with E-state index >= 15 is 0 Å². The Bertz CT molecular complexity index is 580. The highest BCUT2D eigenvalue weighted by atomic mass is 32.1. The van der Waals surface area contributed by atoms with Crippen molar-refractivity contribution in [3.8, 4) is 0 Å². The van der Waals surface area contributed by atoms with Crippen molar-refractivity contribution in [3.05, 3.63) is 56.8 Å². The molecule has 0 fully saturated rings. The predicted octanol–water partition coefficient (Wildman–Crippen LogP) is 3.64. The summed E-state index contributed by atoms with van der Waals surface area (Å²) in [6, 6.07) is 10.1. The number of thiophene rings is 1. The molecule has 0 amide bonds. The Labute approximate surface area is 105 Å². The van der Waals surface area contributed by atoms with E-state index < -0.39 is 0 Å². The third kappa shape index (κ3) is 1.73. The zero-order valence-corrected chi connectivity index (χ0v) is 10.6. The van der Waals surface area contributed by atoms with E-state index in [2.05, 4.69) is 19.1 Å². The molecule has 17 heavy (non-hydrogen) atoms. The highest BCUT2D eigenvalue weighted by molar-refractivity contribution is 7.12. The lowest BCUT2D eigenvalue weighted by Crippen LogP contribution is -2.02. The molecule has 3 rings (SSSR count). The van der Waals surface area contributed by atoms with Crippen molar-refractivity contribution < 1.29 is 4.79 Å². The van der Waals surface area contributed by atoms with E-state index in [1.165, 1.54) is 15.3 Å². The van der Waals surface area contributed by atoms with E-state index in [-0.39, 0.29) is 5.78 Å². The molecule has 0 unspecified atom stereocenters. The van der Waals surface area contributed by atoms with Crippen LogP contribution in [0.15, 0.2) is 30.3 Å². The van der Waals surface area contributed by atoms with Crippen LogP contribution in [0.25, 0.3) is 0 Å². The average Bonchev–Trinajstić information content (AvgIpc) is 2.74. The minimum atomic E-state index is 0.212. The molecule has 1 nitrogen and oxygen atoms in total. The molecule has 0 atom stereocenters. The SMILES string of the molecule is CCc1cc2c(s1)CCc1ccccc1C2=O. The minimum absolute atomic E-state index is 0.212. The van der Waals surface area contributed by atoms with Gasteiger partial charge >= 0.3 is 0 Å². The molecule has 0 aliphatic heterocycles. The molecule has 0 radical (unpaired) electrons. The maximum Gasteiger partial charge on any atom is 0.194 e. The fourth-order valence-corrected chi connectivity index (χ4v) is 3.49. The molecule has 1 heterocycles. The third-order valence-corrected chi connectivity index (χ3v) is 4.68. The second kappa shape index (κ2) is 4.11. The van der Waals surface area contributed by atoms with Gasteiger partial charge in [0, 0.05) is 20.9 Å². The van der Waals surface area contributed by atoms with Crippen LogP contribution in [-0.4, -0.2) is 5.78 Å². The Hall–Kier alpha value is -1.41. The molecule has 0 saturated carbocycles. The fraction of sp³-hybridized carbons (Fsp3) is 0.267. The summed E-state index contributed by atoms with van der Waals surface area (Å²) in [7, 11) is 0. The van der Waals surface area contributed by atoms with E-state index in [0.29, 0.717) is 0 Å². The molecular weight excluding hydrogens is 228 g/mol. The van der Waals surface area contributed by atoms with Crippen molar-refractivity contribution in [2.24, 2.45) is 0 Å².